The van der Waals surface area contributed by atoms with Crippen molar-refractivity contribution in [2.75, 3.05) is 11.9 Å². The van der Waals surface area contributed by atoms with Crippen molar-refractivity contribution in [1.29, 1.82) is 0 Å². The summed E-state index contributed by atoms with van der Waals surface area (Å²) in [7, 11) is 0. The lowest BCUT2D eigenvalue weighted by Gasteiger charge is -2.09. The Morgan fingerprint density at radius 2 is 1.93 bits per heavy atom. The van der Waals surface area contributed by atoms with Crippen LogP contribution in [0.2, 0.25) is 5.28 Å². The van der Waals surface area contributed by atoms with E-state index in [1.807, 2.05) is 31.2 Å². The average Bonchev–Trinajstić information content (AvgIpc) is 3.06. The number of hydrogen-bond acceptors (Lipinski definition) is 5. The Hall–Kier alpha value is -2.18. The van der Waals surface area contributed by atoms with Crippen LogP contribution < -0.4 is 10.6 Å². The van der Waals surface area contributed by atoms with Crippen molar-refractivity contribution in [2.24, 2.45) is 0 Å². The molecule has 1 aromatic carbocycles. The quantitative estimate of drug-likeness (QED) is 0.353. The zero-order chi connectivity index (χ0) is 19.9. The molecule has 1 amide bonds. The Morgan fingerprint density at radius 3 is 2.68 bits per heavy atom. The number of nitrogens with one attached hydrogen (secondary N) is 2. The number of nitrogens with zero attached hydrogens (tertiary/aromatic N) is 2. The van der Waals surface area contributed by atoms with Gasteiger partial charge in [-0.15, -0.1) is 11.3 Å². The van der Waals surface area contributed by atoms with Gasteiger partial charge in [-0.05, 0) is 48.7 Å². The number of amides is 1. The maximum absolute atomic E-state index is 12.2. The van der Waals surface area contributed by atoms with Crippen LogP contribution in [0.3, 0.4) is 0 Å². The van der Waals surface area contributed by atoms with Crippen molar-refractivity contribution in [3.8, 4) is 0 Å². The number of benzene rings is 1. The minimum absolute atomic E-state index is 0.0194. The first kappa shape index (κ1) is 20.6. The normalized spacial score (nSPS) is 11.0. The fourth-order valence-electron chi connectivity index (χ4n) is 2.97. The molecule has 148 valence electrons. The van der Waals surface area contributed by atoms with Crippen molar-refractivity contribution in [3.63, 3.8) is 0 Å². The molecule has 0 atom stereocenters. The number of unbranched alkanes of at least 4 members (excludes halogenated alkanes) is 3. The maximum atomic E-state index is 12.2. The molecule has 0 aliphatic carbocycles. The summed E-state index contributed by atoms with van der Waals surface area (Å²) < 4.78 is 0. The van der Waals surface area contributed by atoms with Gasteiger partial charge in [0.2, 0.25) is 5.28 Å². The Balaban J connectivity index is 1.57. The molecular weight excluding hydrogens is 392 g/mol. The summed E-state index contributed by atoms with van der Waals surface area (Å²) in [6.07, 6.45) is 4.60. The highest BCUT2D eigenvalue weighted by Crippen LogP contribution is 2.29. The van der Waals surface area contributed by atoms with Gasteiger partial charge in [0.05, 0.1) is 5.39 Å². The van der Waals surface area contributed by atoms with Crippen LogP contribution in [-0.2, 0) is 6.54 Å². The summed E-state index contributed by atoms with van der Waals surface area (Å²) in [5.41, 5.74) is 1.74. The lowest BCUT2D eigenvalue weighted by Crippen LogP contribution is -2.24. The van der Waals surface area contributed by atoms with E-state index >= 15 is 0 Å². The van der Waals surface area contributed by atoms with Crippen LogP contribution in [0, 0.1) is 6.92 Å². The average molecular weight is 417 g/mol. The van der Waals surface area contributed by atoms with E-state index in [-0.39, 0.29) is 11.2 Å². The summed E-state index contributed by atoms with van der Waals surface area (Å²) in [5, 5.41) is 7.53. The molecule has 0 unspecified atom stereocenters. The predicted molar refractivity (Wildman–Crippen MR) is 117 cm³/mol. The second-order valence-electron chi connectivity index (χ2n) is 6.78. The third-order valence-electron chi connectivity index (χ3n) is 4.48. The van der Waals surface area contributed by atoms with E-state index in [1.54, 1.807) is 11.3 Å². The highest BCUT2D eigenvalue weighted by atomic mass is 35.5. The summed E-state index contributed by atoms with van der Waals surface area (Å²) in [6.45, 7) is 5.54. The largest absolute Gasteiger partial charge is 0.365 e. The Labute approximate surface area is 174 Å². The van der Waals surface area contributed by atoms with Crippen LogP contribution in [0.25, 0.3) is 10.2 Å². The standard InChI is InChI=1S/C21H25ClN4OS/c1-3-4-5-6-11-23-19(27)16-9-7-15(8-10-16)13-24-18-17-12-14(2)28-20(17)26-21(22)25-18/h7-10,12H,3-6,11,13H2,1-2H3,(H,23,27)(H,24,25,26). The number of anilines is 1. The summed E-state index contributed by atoms with van der Waals surface area (Å²) in [5.74, 6) is 0.710. The van der Waals surface area contributed by atoms with E-state index in [0.717, 1.165) is 41.0 Å². The van der Waals surface area contributed by atoms with Gasteiger partial charge in [-0.25, -0.2) is 9.97 Å². The molecule has 0 aliphatic heterocycles. The van der Waals surface area contributed by atoms with Crippen LogP contribution >= 0.6 is 22.9 Å². The summed E-state index contributed by atoms with van der Waals surface area (Å²) in [4.78, 5) is 22.8. The number of halogens is 1. The van der Waals surface area contributed by atoms with Gasteiger partial charge < -0.3 is 10.6 Å². The molecule has 0 spiro atoms. The SMILES string of the molecule is CCCCCCNC(=O)c1ccc(CNc2nc(Cl)nc3sc(C)cc23)cc1. The first-order valence-corrected chi connectivity index (χ1v) is 10.8. The van der Waals surface area contributed by atoms with E-state index in [1.165, 1.54) is 17.7 Å². The second kappa shape index (κ2) is 9.85. The van der Waals surface area contributed by atoms with Crippen LogP contribution in [0.4, 0.5) is 5.82 Å². The highest BCUT2D eigenvalue weighted by Gasteiger charge is 2.10. The molecule has 28 heavy (non-hydrogen) atoms. The molecule has 0 aliphatic rings. The van der Waals surface area contributed by atoms with Crippen LogP contribution in [0.1, 0.15) is 53.4 Å². The first-order chi connectivity index (χ1) is 13.6. The fraction of sp³-hybridized carbons (Fsp3) is 0.381. The smallest absolute Gasteiger partial charge is 0.251 e. The van der Waals surface area contributed by atoms with Gasteiger partial charge in [-0.2, -0.15) is 0 Å². The molecule has 0 fully saturated rings. The molecule has 5 nitrogen and oxygen atoms in total. The van der Waals surface area contributed by atoms with Crippen molar-refractivity contribution in [1.82, 2.24) is 15.3 Å². The van der Waals surface area contributed by atoms with Gasteiger partial charge in [-0.3, -0.25) is 4.79 Å². The van der Waals surface area contributed by atoms with Gasteiger partial charge in [0.15, 0.2) is 0 Å². The zero-order valence-electron chi connectivity index (χ0n) is 16.2. The third kappa shape index (κ3) is 5.42. The number of carbonyl (C=O) groups excluding carboxylic acids is 1. The molecule has 0 bridgehead atoms. The van der Waals surface area contributed by atoms with Crippen LogP contribution in [-0.4, -0.2) is 22.4 Å². The molecule has 3 rings (SSSR count). The summed E-state index contributed by atoms with van der Waals surface area (Å²) in [6, 6.07) is 9.69. The fourth-order valence-corrected chi connectivity index (χ4v) is 4.06. The third-order valence-corrected chi connectivity index (χ3v) is 5.59. The van der Waals surface area contributed by atoms with E-state index in [9.17, 15) is 4.79 Å². The first-order valence-electron chi connectivity index (χ1n) is 9.61. The molecule has 2 N–H and O–H groups in total. The number of hydrogen-bond donors (Lipinski definition) is 2. The van der Waals surface area contributed by atoms with Gasteiger partial charge in [0.25, 0.3) is 5.91 Å². The minimum Gasteiger partial charge on any atom is -0.365 e. The molecule has 7 heteroatoms. The Morgan fingerprint density at radius 1 is 1.14 bits per heavy atom. The highest BCUT2D eigenvalue weighted by molar-refractivity contribution is 7.18. The monoisotopic (exact) mass is 416 g/mol. The summed E-state index contributed by atoms with van der Waals surface area (Å²) >= 11 is 7.64. The van der Waals surface area contributed by atoms with Gasteiger partial charge in [-0.1, -0.05) is 38.3 Å². The number of thiophene rings is 1. The predicted octanol–water partition coefficient (Wildman–Crippen LogP) is 5.58. The molecule has 0 saturated heterocycles. The second-order valence-corrected chi connectivity index (χ2v) is 8.36. The minimum atomic E-state index is -0.0194. The van der Waals surface area contributed by atoms with Crippen LogP contribution in [0.5, 0.6) is 0 Å². The number of carbonyl (C=O) groups is 1. The number of rotatable bonds is 9. The lowest BCUT2D eigenvalue weighted by molar-refractivity contribution is 0.0953. The van der Waals surface area contributed by atoms with Crippen molar-refractivity contribution >= 4 is 44.9 Å². The van der Waals surface area contributed by atoms with Crippen LogP contribution in [0.15, 0.2) is 30.3 Å². The Bertz CT molecular complexity index is 939. The number of aromatic nitrogens is 2. The molecule has 0 saturated carbocycles. The molecular formula is C21H25ClN4OS. The van der Waals surface area contributed by atoms with E-state index in [2.05, 4.69) is 33.6 Å². The zero-order valence-corrected chi connectivity index (χ0v) is 17.8. The lowest BCUT2D eigenvalue weighted by atomic mass is 10.1. The van der Waals surface area contributed by atoms with E-state index < -0.39 is 0 Å². The topological polar surface area (TPSA) is 66.9 Å². The molecule has 2 heterocycles. The van der Waals surface area contributed by atoms with E-state index in [4.69, 9.17) is 11.6 Å². The number of aryl methyl sites for hydroxylation is 1. The molecule has 0 radical (unpaired) electrons. The Kier molecular flexibility index (Phi) is 7.23. The van der Waals surface area contributed by atoms with Crippen molar-refractivity contribution in [3.05, 3.63) is 51.6 Å². The van der Waals surface area contributed by atoms with Crippen molar-refractivity contribution in [2.45, 2.75) is 46.1 Å². The molecule has 3 aromatic rings. The van der Waals surface area contributed by atoms with Crippen molar-refractivity contribution < 1.29 is 4.79 Å². The maximum Gasteiger partial charge on any atom is 0.251 e. The van der Waals surface area contributed by atoms with E-state index in [0.29, 0.717) is 12.1 Å². The van der Waals surface area contributed by atoms with Gasteiger partial charge >= 0.3 is 0 Å². The van der Waals surface area contributed by atoms with Gasteiger partial charge in [0, 0.05) is 23.5 Å². The number of fused-ring (bicyclic) bond motifs is 1. The van der Waals surface area contributed by atoms with Gasteiger partial charge in [0.1, 0.15) is 10.6 Å². The molecule has 2 aromatic heterocycles.